The Labute approximate surface area is 315 Å². The van der Waals surface area contributed by atoms with Crippen LogP contribution in [-0.2, 0) is 4.74 Å². The van der Waals surface area contributed by atoms with Gasteiger partial charge in [0.2, 0.25) is 6.79 Å². The molecule has 0 saturated heterocycles. The Bertz CT molecular complexity index is 1950. The van der Waals surface area contributed by atoms with E-state index in [1.807, 2.05) is 56.3 Å². The molecule has 5 amide bonds. The van der Waals surface area contributed by atoms with Gasteiger partial charge in [0.25, 0.3) is 5.91 Å². The molecular weight excluding hydrogens is 690 g/mol. The van der Waals surface area contributed by atoms with E-state index in [2.05, 4.69) is 16.0 Å². The van der Waals surface area contributed by atoms with E-state index >= 15 is 0 Å². The molecule has 4 aromatic rings. The van der Waals surface area contributed by atoms with Gasteiger partial charge in [0.1, 0.15) is 5.75 Å². The van der Waals surface area contributed by atoms with Crippen molar-refractivity contribution in [3.63, 3.8) is 0 Å². The van der Waals surface area contributed by atoms with Crippen LogP contribution in [0.2, 0.25) is 0 Å². The summed E-state index contributed by atoms with van der Waals surface area (Å²) in [4.78, 5) is 44.3. The molecule has 0 aliphatic carbocycles. The van der Waals surface area contributed by atoms with Crippen molar-refractivity contribution in [2.75, 3.05) is 56.1 Å². The van der Waals surface area contributed by atoms with Crippen molar-refractivity contribution in [3.8, 4) is 17.2 Å². The zero-order valence-corrected chi connectivity index (χ0v) is 31.2. The van der Waals surface area contributed by atoms with Gasteiger partial charge in [-0.15, -0.1) is 0 Å². The summed E-state index contributed by atoms with van der Waals surface area (Å²) >= 11 is 0. The van der Waals surface area contributed by atoms with Crippen LogP contribution in [-0.4, -0.2) is 91.3 Å². The Kier molecular flexibility index (Phi) is 12.4. The first-order valence-electron chi connectivity index (χ1n) is 18.4. The topological polar surface area (TPSA) is 151 Å². The van der Waals surface area contributed by atoms with Gasteiger partial charge in [-0.3, -0.25) is 4.79 Å². The van der Waals surface area contributed by atoms with Gasteiger partial charge < -0.3 is 49.8 Å². The van der Waals surface area contributed by atoms with Gasteiger partial charge >= 0.3 is 12.1 Å². The quantitative estimate of drug-likeness (QED) is 0.156. The fourth-order valence-corrected chi connectivity index (χ4v) is 6.63. The summed E-state index contributed by atoms with van der Waals surface area (Å²) in [5.74, 6) is 0.903. The maximum Gasteiger partial charge on any atom is 0.323 e. The second-order valence-electron chi connectivity index (χ2n) is 14.0. The van der Waals surface area contributed by atoms with Crippen molar-refractivity contribution in [2.45, 2.75) is 58.3 Å². The SMILES string of the molecule is C[C@@H]1CCCCO[C@@H](CN(C)C(=O)Nc2cccc3ccccc23)[C@H](C)CN([C@@H](C)CO)C(=O)c2cc(NC(=O)Nc3ccc4c(c3)OCO4)ccc2O1. The highest BCUT2D eigenvalue weighted by atomic mass is 16.7. The van der Waals surface area contributed by atoms with Crippen LogP contribution in [0.5, 0.6) is 17.2 Å². The maximum absolute atomic E-state index is 14.5. The van der Waals surface area contributed by atoms with Crippen LogP contribution >= 0.6 is 0 Å². The number of hydrogen-bond acceptors (Lipinski definition) is 8. The Balaban J connectivity index is 1.20. The van der Waals surface area contributed by atoms with Crippen molar-refractivity contribution in [1.82, 2.24) is 9.80 Å². The molecule has 0 saturated carbocycles. The number of nitrogens with one attached hydrogen (secondary N) is 3. The molecule has 0 spiro atoms. The highest BCUT2D eigenvalue weighted by Gasteiger charge is 2.31. The molecule has 0 fully saturated rings. The van der Waals surface area contributed by atoms with Crippen molar-refractivity contribution in [1.29, 1.82) is 0 Å². The lowest BCUT2D eigenvalue weighted by molar-refractivity contribution is -0.0115. The number of likely N-dealkylation sites (N-methyl/N-ethyl adjacent to an activating group) is 1. The fourth-order valence-electron chi connectivity index (χ4n) is 6.63. The molecule has 4 aromatic carbocycles. The number of amides is 5. The van der Waals surface area contributed by atoms with E-state index in [1.54, 1.807) is 60.2 Å². The normalized spacial score (nSPS) is 19.5. The van der Waals surface area contributed by atoms with E-state index < -0.39 is 18.2 Å². The van der Waals surface area contributed by atoms with Gasteiger partial charge in [-0.1, -0.05) is 43.3 Å². The van der Waals surface area contributed by atoms with Gasteiger partial charge in [-0.25, -0.2) is 9.59 Å². The number of carbonyl (C=O) groups is 3. The van der Waals surface area contributed by atoms with Crippen molar-refractivity contribution in [2.24, 2.45) is 5.92 Å². The fraction of sp³-hybridized carbons (Fsp3) is 0.390. The molecule has 13 heteroatoms. The minimum Gasteiger partial charge on any atom is -0.490 e. The number of nitrogens with zero attached hydrogens (tertiary/aromatic N) is 2. The van der Waals surface area contributed by atoms with Crippen LogP contribution in [0, 0.1) is 5.92 Å². The van der Waals surface area contributed by atoms with Crippen molar-refractivity contribution < 1.29 is 38.4 Å². The van der Waals surface area contributed by atoms with Crippen LogP contribution in [0.4, 0.5) is 26.7 Å². The highest BCUT2D eigenvalue weighted by Crippen LogP contribution is 2.34. The number of benzene rings is 4. The van der Waals surface area contributed by atoms with Crippen LogP contribution in [0.15, 0.2) is 78.9 Å². The van der Waals surface area contributed by atoms with Gasteiger partial charge in [0.05, 0.1) is 36.1 Å². The molecule has 2 aliphatic rings. The van der Waals surface area contributed by atoms with E-state index in [0.29, 0.717) is 40.9 Å². The minimum absolute atomic E-state index is 0.119. The number of rotatable bonds is 7. The monoisotopic (exact) mass is 739 g/mol. The smallest absolute Gasteiger partial charge is 0.323 e. The van der Waals surface area contributed by atoms with Gasteiger partial charge in [-0.2, -0.15) is 0 Å². The number of carbonyl (C=O) groups excluding carboxylic acids is 3. The number of ether oxygens (including phenoxy) is 4. The lowest BCUT2D eigenvalue weighted by Crippen LogP contribution is -2.48. The van der Waals surface area contributed by atoms with Gasteiger partial charge in [0.15, 0.2) is 11.5 Å². The molecule has 0 bridgehead atoms. The predicted octanol–water partition coefficient (Wildman–Crippen LogP) is 7.17. The summed E-state index contributed by atoms with van der Waals surface area (Å²) in [7, 11) is 1.73. The summed E-state index contributed by atoms with van der Waals surface area (Å²) in [6.45, 7) is 6.52. The summed E-state index contributed by atoms with van der Waals surface area (Å²) in [6.07, 6.45) is 1.70. The summed E-state index contributed by atoms with van der Waals surface area (Å²) < 4.78 is 23.5. The van der Waals surface area contributed by atoms with E-state index in [0.717, 1.165) is 30.0 Å². The number of aliphatic hydroxyl groups is 1. The molecule has 286 valence electrons. The van der Waals surface area contributed by atoms with Crippen LogP contribution in [0.1, 0.15) is 50.4 Å². The molecule has 0 aromatic heterocycles. The third-order valence-corrected chi connectivity index (χ3v) is 9.77. The van der Waals surface area contributed by atoms with Gasteiger partial charge in [0, 0.05) is 55.5 Å². The number of fused-ring (bicyclic) bond motifs is 3. The van der Waals surface area contributed by atoms with Crippen LogP contribution in [0.3, 0.4) is 0 Å². The zero-order chi connectivity index (χ0) is 38.2. The second-order valence-corrected chi connectivity index (χ2v) is 14.0. The third kappa shape index (κ3) is 9.33. The number of aliphatic hydroxyl groups excluding tert-OH is 1. The lowest BCUT2D eigenvalue weighted by atomic mass is 10.0. The maximum atomic E-state index is 14.5. The summed E-state index contributed by atoms with van der Waals surface area (Å²) in [5, 5.41) is 20.9. The molecule has 2 aliphatic heterocycles. The average Bonchev–Trinajstić information content (AvgIpc) is 3.64. The first-order valence-corrected chi connectivity index (χ1v) is 18.4. The Hall–Kier alpha value is -5.53. The Morgan fingerprint density at radius 3 is 2.43 bits per heavy atom. The highest BCUT2D eigenvalue weighted by molar-refractivity contribution is 6.03. The summed E-state index contributed by atoms with van der Waals surface area (Å²) in [6, 6.07) is 22.4. The molecule has 6 rings (SSSR count). The molecule has 0 unspecified atom stereocenters. The third-order valence-electron chi connectivity index (χ3n) is 9.77. The van der Waals surface area contributed by atoms with Gasteiger partial charge in [-0.05, 0) is 74.9 Å². The largest absolute Gasteiger partial charge is 0.490 e. The molecule has 54 heavy (non-hydrogen) atoms. The van der Waals surface area contributed by atoms with E-state index in [-0.39, 0.29) is 56.0 Å². The Morgan fingerprint density at radius 2 is 1.63 bits per heavy atom. The predicted molar refractivity (Wildman–Crippen MR) is 208 cm³/mol. The zero-order valence-electron chi connectivity index (χ0n) is 31.2. The number of anilines is 3. The summed E-state index contributed by atoms with van der Waals surface area (Å²) in [5.41, 5.74) is 1.85. The number of urea groups is 2. The molecular formula is C41H49N5O8. The van der Waals surface area contributed by atoms with Crippen molar-refractivity contribution >= 4 is 45.8 Å². The number of hydrogen-bond donors (Lipinski definition) is 4. The van der Waals surface area contributed by atoms with Crippen LogP contribution in [0.25, 0.3) is 10.8 Å². The van der Waals surface area contributed by atoms with Crippen molar-refractivity contribution in [3.05, 3.63) is 84.4 Å². The van der Waals surface area contributed by atoms with E-state index in [4.69, 9.17) is 18.9 Å². The van der Waals surface area contributed by atoms with Crippen LogP contribution < -0.4 is 30.2 Å². The molecule has 4 atom stereocenters. The van der Waals surface area contributed by atoms with E-state index in [1.165, 1.54) is 0 Å². The lowest BCUT2D eigenvalue weighted by Gasteiger charge is -2.35. The minimum atomic E-state index is -0.558. The molecule has 13 nitrogen and oxygen atoms in total. The first-order chi connectivity index (χ1) is 26.1. The molecule has 0 radical (unpaired) electrons. The standard InChI is InChI=1S/C41H49N5O8/c1-26-22-46(27(2)24-47)39(48)33-20-30(42-40(49)43-31-16-18-36-37(21-31)53-25-52-36)15-17-35(33)54-28(3)10-7-8-19-51-38(26)23-45(4)41(50)44-34-14-9-12-29-11-5-6-13-32(29)34/h5-6,9,11-18,20-21,26-28,38,47H,7-8,10,19,22-25H2,1-4H3,(H,44,50)(H2,42,43,49)/t26-,27+,28-,38+/m1/s1. The molecule has 4 N–H and O–H groups in total. The average molecular weight is 740 g/mol. The molecule has 2 heterocycles. The first kappa shape index (κ1) is 38.2. The Morgan fingerprint density at radius 1 is 0.907 bits per heavy atom. The van der Waals surface area contributed by atoms with E-state index in [9.17, 15) is 19.5 Å². The second kappa shape index (κ2) is 17.5.